The van der Waals surface area contributed by atoms with Crippen LogP contribution in [-0.2, 0) is 27.9 Å². The van der Waals surface area contributed by atoms with Crippen molar-refractivity contribution in [3.63, 3.8) is 0 Å². The largest absolute Gasteiger partial charge is 0.469 e. The summed E-state index contributed by atoms with van der Waals surface area (Å²) in [7, 11) is 1.45. The molecule has 0 saturated heterocycles. The zero-order chi connectivity index (χ0) is 20.6. The molecule has 1 spiro atoms. The summed E-state index contributed by atoms with van der Waals surface area (Å²) in [6.07, 6.45) is 3.24. The summed E-state index contributed by atoms with van der Waals surface area (Å²) in [4.78, 5) is 18.7. The average Bonchev–Trinajstić information content (AvgIpc) is 3.09. The molecule has 3 heterocycles. The number of benzene rings is 1. The Labute approximate surface area is 182 Å². The predicted molar refractivity (Wildman–Crippen MR) is 115 cm³/mol. The molecule has 1 unspecified atom stereocenters. The van der Waals surface area contributed by atoms with Crippen molar-refractivity contribution in [3.8, 4) is 5.00 Å². The summed E-state index contributed by atoms with van der Waals surface area (Å²) >= 11 is 8.36. The SMILES string of the molecule is COC(=O)C1Cc2sc3c(c2C1)C(c1ccccc1Cl)=NC1(CC1)c1nnc(C)n1-3. The normalized spacial score (nSPS) is 20.2. The minimum atomic E-state index is -0.345. The van der Waals surface area contributed by atoms with Crippen molar-refractivity contribution in [1.82, 2.24) is 14.8 Å². The lowest BCUT2D eigenvalue weighted by atomic mass is 9.97. The second kappa shape index (κ2) is 6.25. The Hall–Kier alpha value is -2.51. The lowest BCUT2D eigenvalue weighted by Gasteiger charge is -2.13. The number of ether oxygens (including phenoxy) is 1. The van der Waals surface area contributed by atoms with Gasteiger partial charge in [0.2, 0.25) is 0 Å². The van der Waals surface area contributed by atoms with Crippen LogP contribution in [0.25, 0.3) is 5.00 Å². The number of aryl methyl sites for hydroxylation is 1. The number of aromatic nitrogens is 3. The molecule has 8 heteroatoms. The quantitative estimate of drug-likeness (QED) is 0.566. The van der Waals surface area contributed by atoms with E-state index in [4.69, 9.17) is 21.3 Å². The maximum absolute atomic E-state index is 12.3. The molecule has 152 valence electrons. The first-order valence-corrected chi connectivity index (χ1v) is 11.2. The summed E-state index contributed by atoms with van der Waals surface area (Å²) in [5.74, 6) is 1.47. The molecule has 0 radical (unpaired) electrons. The number of carbonyl (C=O) groups excluding carboxylic acids is 1. The van der Waals surface area contributed by atoms with E-state index < -0.39 is 0 Å². The van der Waals surface area contributed by atoms with Gasteiger partial charge in [-0.15, -0.1) is 21.5 Å². The van der Waals surface area contributed by atoms with E-state index in [2.05, 4.69) is 14.8 Å². The van der Waals surface area contributed by atoms with Gasteiger partial charge in [-0.05, 0) is 44.2 Å². The zero-order valence-corrected chi connectivity index (χ0v) is 18.2. The van der Waals surface area contributed by atoms with Gasteiger partial charge in [0.05, 0.1) is 18.7 Å². The van der Waals surface area contributed by atoms with E-state index in [1.165, 1.54) is 17.6 Å². The summed E-state index contributed by atoms with van der Waals surface area (Å²) in [6.45, 7) is 1.99. The number of rotatable bonds is 2. The first-order valence-electron chi connectivity index (χ1n) is 10.0. The lowest BCUT2D eigenvalue weighted by Crippen LogP contribution is -2.17. The number of methoxy groups -OCH3 is 1. The Morgan fingerprint density at radius 2 is 2.07 bits per heavy atom. The molecular formula is C22H19ClN4O2S. The van der Waals surface area contributed by atoms with Crippen molar-refractivity contribution in [2.24, 2.45) is 10.9 Å². The number of hydrogen-bond donors (Lipinski definition) is 0. The van der Waals surface area contributed by atoms with E-state index >= 15 is 0 Å². The van der Waals surface area contributed by atoms with Gasteiger partial charge in [0.25, 0.3) is 0 Å². The highest BCUT2D eigenvalue weighted by atomic mass is 35.5. The minimum absolute atomic E-state index is 0.145. The van der Waals surface area contributed by atoms with Crippen LogP contribution in [0.5, 0.6) is 0 Å². The number of thiophene rings is 1. The van der Waals surface area contributed by atoms with Crippen LogP contribution in [0, 0.1) is 12.8 Å². The smallest absolute Gasteiger partial charge is 0.309 e. The van der Waals surface area contributed by atoms with Gasteiger partial charge in [-0.25, -0.2) is 0 Å². The maximum Gasteiger partial charge on any atom is 0.309 e. The van der Waals surface area contributed by atoms with Crippen LogP contribution in [0.3, 0.4) is 0 Å². The molecule has 30 heavy (non-hydrogen) atoms. The predicted octanol–water partition coefficient (Wildman–Crippen LogP) is 4.02. The molecule has 0 N–H and O–H groups in total. The van der Waals surface area contributed by atoms with E-state index in [1.54, 1.807) is 11.3 Å². The van der Waals surface area contributed by atoms with Crippen molar-refractivity contribution in [2.45, 2.75) is 38.1 Å². The standard InChI is InChI=1S/C22H19ClN4O2S/c1-11-25-26-21-22(7-8-22)24-18(13-5-3-4-6-15(13)23)17-14-9-12(20(28)29-2)10-16(14)30-19(17)27(11)21/h3-6,12H,7-10H2,1-2H3. The van der Waals surface area contributed by atoms with E-state index in [-0.39, 0.29) is 17.4 Å². The second-order valence-corrected chi connectivity index (χ2v) is 9.68. The van der Waals surface area contributed by atoms with Crippen molar-refractivity contribution in [1.29, 1.82) is 0 Å². The second-order valence-electron chi connectivity index (χ2n) is 8.19. The highest BCUT2D eigenvalue weighted by molar-refractivity contribution is 7.15. The van der Waals surface area contributed by atoms with E-state index in [0.717, 1.165) is 46.3 Å². The summed E-state index contributed by atoms with van der Waals surface area (Å²) in [5, 5.41) is 10.7. The van der Waals surface area contributed by atoms with Crippen molar-refractivity contribution < 1.29 is 9.53 Å². The first-order chi connectivity index (χ1) is 14.5. The van der Waals surface area contributed by atoms with Gasteiger partial charge < -0.3 is 4.74 Å². The number of nitrogens with zero attached hydrogens (tertiary/aromatic N) is 4. The first kappa shape index (κ1) is 18.3. The highest BCUT2D eigenvalue weighted by Crippen LogP contribution is 2.54. The molecule has 1 aromatic carbocycles. The summed E-state index contributed by atoms with van der Waals surface area (Å²) in [5.41, 5.74) is 3.73. The number of hydrogen-bond acceptors (Lipinski definition) is 6. The molecule has 6 rings (SSSR count). The molecule has 1 saturated carbocycles. The molecule has 1 aliphatic heterocycles. The number of esters is 1. The van der Waals surface area contributed by atoms with Crippen molar-refractivity contribution in [2.75, 3.05) is 7.11 Å². The summed E-state index contributed by atoms with van der Waals surface area (Å²) in [6, 6.07) is 7.85. The molecule has 3 aliphatic rings. The summed E-state index contributed by atoms with van der Waals surface area (Å²) < 4.78 is 7.20. The van der Waals surface area contributed by atoms with Crippen LogP contribution in [0.4, 0.5) is 0 Å². The fourth-order valence-electron chi connectivity index (χ4n) is 4.68. The van der Waals surface area contributed by atoms with E-state index in [9.17, 15) is 4.79 Å². The number of carbonyl (C=O) groups is 1. The van der Waals surface area contributed by atoms with Gasteiger partial charge in [-0.1, -0.05) is 29.8 Å². The maximum atomic E-state index is 12.3. The van der Waals surface area contributed by atoms with Crippen LogP contribution in [-0.4, -0.2) is 33.6 Å². The minimum Gasteiger partial charge on any atom is -0.469 e. The molecular weight excluding hydrogens is 420 g/mol. The average molecular weight is 439 g/mol. The third-order valence-corrected chi connectivity index (χ3v) is 7.92. The fourth-order valence-corrected chi connectivity index (χ4v) is 6.37. The van der Waals surface area contributed by atoms with Crippen molar-refractivity contribution >= 4 is 34.6 Å². The molecule has 0 amide bonds. The highest BCUT2D eigenvalue weighted by Gasteiger charge is 2.52. The number of fused-ring (bicyclic) bond motifs is 6. The molecule has 6 nitrogen and oxygen atoms in total. The van der Waals surface area contributed by atoms with Crippen LogP contribution in [0.1, 0.15) is 46.1 Å². The molecule has 2 aliphatic carbocycles. The lowest BCUT2D eigenvalue weighted by molar-refractivity contribution is -0.145. The van der Waals surface area contributed by atoms with E-state index in [0.29, 0.717) is 17.9 Å². The van der Waals surface area contributed by atoms with E-state index in [1.807, 2.05) is 31.2 Å². The Balaban J connectivity index is 1.63. The van der Waals surface area contributed by atoms with Crippen LogP contribution in [0.15, 0.2) is 29.3 Å². The molecule has 1 atom stereocenters. The monoisotopic (exact) mass is 438 g/mol. The van der Waals surface area contributed by atoms with Gasteiger partial charge in [-0.2, -0.15) is 0 Å². The van der Waals surface area contributed by atoms with Crippen LogP contribution < -0.4 is 0 Å². The molecule has 1 fully saturated rings. The third kappa shape index (κ3) is 2.42. The Morgan fingerprint density at radius 3 is 2.80 bits per heavy atom. The van der Waals surface area contributed by atoms with Gasteiger partial charge in [-0.3, -0.25) is 14.4 Å². The third-order valence-electron chi connectivity index (χ3n) is 6.35. The van der Waals surface area contributed by atoms with Gasteiger partial charge in [0.15, 0.2) is 5.82 Å². The molecule has 0 bridgehead atoms. The van der Waals surface area contributed by atoms with Gasteiger partial charge >= 0.3 is 5.97 Å². The molecule has 2 aromatic heterocycles. The van der Waals surface area contributed by atoms with Gasteiger partial charge in [0, 0.05) is 21.0 Å². The topological polar surface area (TPSA) is 69.4 Å². The number of halogens is 1. The fraction of sp³-hybridized carbons (Fsp3) is 0.364. The Kier molecular flexibility index (Phi) is 3.81. The van der Waals surface area contributed by atoms with Crippen LogP contribution in [0.2, 0.25) is 5.02 Å². The molecule has 3 aromatic rings. The van der Waals surface area contributed by atoms with Crippen LogP contribution >= 0.6 is 22.9 Å². The number of aliphatic imine (C=N–C) groups is 1. The zero-order valence-electron chi connectivity index (χ0n) is 16.6. The Morgan fingerprint density at radius 1 is 1.27 bits per heavy atom. The Bertz CT molecular complexity index is 1250. The van der Waals surface area contributed by atoms with Crippen molar-refractivity contribution in [3.05, 3.63) is 62.5 Å². The van der Waals surface area contributed by atoms with Gasteiger partial charge in [0.1, 0.15) is 16.4 Å².